The molecule has 1 aromatic heterocycles. The molecule has 0 atom stereocenters. The summed E-state index contributed by atoms with van der Waals surface area (Å²) < 4.78 is 17.3. The molecule has 0 aliphatic heterocycles. The lowest BCUT2D eigenvalue weighted by molar-refractivity contribution is 0.0606. The number of hydrogen-bond acceptors (Lipinski definition) is 5. The summed E-state index contributed by atoms with van der Waals surface area (Å²) in [5, 5.41) is 3.75. The van der Waals surface area contributed by atoms with Crippen molar-refractivity contribution in [3.8, 4) is 0 Å². The van der Waals surface area contributed by atoms with E-state index in [0.717, 1.165) is 16.9 Å². The van der Waals surface area contributed by atoms with Crippen LogP contribution in [-0.4, -0.2) is 24.6 Å². The van der Waals surface area contributed by atoms with Crippen LogP contribution in [0.2, 0.25) is 5.15 Å². The van der Waals surface area contributed by atoms with Crippen LogP contribution < -0.4 is 5.32 Å². The van der Waals surface area contributed by atoms with Crippen molar-refractivity contribution >= 4 is 34.0 Å². The number of ether oxygens (including phenoxy) is 1. The van der Waals surface area contributed by atoms with Gasteiger partial charge in [-0.05, 0) is 24.1 Å². The summed E-state index contributed by atoms with van der Waals surface area (Å²) in [5.41, 5.74) is 1.01. The van der Waals surface area contributed by atoms with Crippen molar-refractivity contribution in [1.82, 2.24) is 4.98 Å². The van der Waals surface area contributed by atoms with E-state index in [9.17, 15) is 9.18 Å². The number of thiazole rings is 1. The minimum Gasteiger partial charge on any atom is -0.465 e. The number of benzene rings is 1. The van der Waals surface area contributed by atoms with Crippen LogP contribution in [0.15, 0.2) is 24.3 Å². The lowest BCUT2D eigenvalue weighted by Gasteiger charge is -2.02. The molecular weight excluding hydrogens is 303 g/mol. The maximum atomic E-state index is 12.7. The second kappa shape index (κ2) is 6.67. The van der Waals surface area contributed by atoms with E-state index in [4.69, 9.17) is 11.6 Å². The summed E-state index contributed by atoms with van der Waals surface area (Å²) in [5.74, 6) is -0.754. The van der Waals surface area contributed by atoms with Crippen molar-refractivity contribution in [3.05, 3.63) is 45.7 Å². The van der Waals surface area contributed by atoms with Gasteiger partial charge in [0.15, 0.2) is 15.2 Å². The number of nitrogens with zero attached hydrogens (tertiary/aromatic N) is 1. The summed E-state index contributed by atoms with van der Waals surface area (Å²) in [6, 6.07) is 6.30. The molecule has 106 valence electrons. The van der Waals surface area contributed by atoms with E-state index >= 15 is 0 Å². The van der Waals surface area contributed by atoms with Gasteiger partial charge in [0.25, 0.3) is 0 Å². The van der Waals surface area contributed by atoms with Crippen molar-refractivity contribution < 1.29 is 13.9 Å². The van der Waals surface area contributed by atoms with E-state index < -0.39 is 5.97 Å². The van der Waals surface area contributed by atoms with E-state index in [-0.39, 0.29) is 15.8 Å². The van der Waals surface area contributed by atoms with E-state index in [2.05, 4.69) is 15.0 Å². The fraction of sp³-hybridized carbons (Fsp3) is 0.231. The topological polar surface area (TPSA) is 51.2 Å². The Kier molecular flexibility index (Phi) is 4.92. The van der Waals surface area contributed by atoms with Crippen LogP contribution in [0.3, 0.4) is 0 Å². The molecule has 20 heavy (non-hydrogen) atoms. The molecular formula is C13H12ClFN2O2S. The highest BCUT2D eigenvalue weighted by molar-refractivity contribution is 7.18. The standard InChI is InChI=1S/C13H12ClFN2O2S/c1-19-12(18)10-11(14)17-13(20-10)16-7-6-8-2-4-9(15)5-3-8/h2-5H,6-7H2,1H3,(H,16,17). The lowest BCUT2D eigenvalue weighted by Crippen LogP contribution is -2.04. The zero-order chi connectivity index (χ0) is 14.5. The third-order valence-corrected chi connectivity index (χ3v) is 3.94. The number of hydrogen-bond donors (Lipinski definition) is 1. The molecule has 0 aliphatic rings. The molecule has 7 heteroatoms. The van der Waals surface area contributed by atoms with Crippen LogP contribution >= 0.6 is 22.9 Å². The van der Waals surface area contributed by atoms with Gasteiger partial charge in [0.2, 0.25) is 0 Å². The highest BCUT2D eigenvalue weighted by Crippen LogP contribution is 2.27. The summed E-state index contributed by atoms with van der Waals surface area (Å²) >= 11 is 6.99. The number of carbonyl (C=O) groups excluding carboxylic acids is 1. The largest absolute Gasteiger partial charge is 0.465 e. The first-order valence-corrected chi connectivity index (χ1v) is 7.02. The summed E-state index contributed by atoms with van der Waals surface area (Å²) in [6.07, 6.45) is 0.713. The summed E-state index contributed by atoms with van der Waals surface area (Å²) in [4.78, 5) is 15.7. The molecule has 1 heterocycles. The van der Waals surface area contributed by atoms with Crippen LogP contribution in [-0.2, 0) is 11.2 Å². The second-order valence-electron chi connectivity index (χ2n) is 3.93. The van der Waals surface area contributed by atoms with Gasteiger partial charge in [-0.3, -0.25) is 0 Å². The van der Waals surface area contributed by atoms with Gasteiger partial charge in [-0.25, -0.2) is 14.2 Å². The van der Waals surface area contributed by atoms with Crippen molar-refractivity contribution in [1.29, 1.82) is 0 Å². The molecule has 0 spiro atoms. The molecule has 0 amide bonds. The van der Waals surface area contributed by atoms with Gasteiger partial charge in [0.1, 0.15) is 5.82 Å². The van der Waals surface area contributed by atoms with Crippen molar-refractivity contribution in [3.63, 3.8) is 0 Å². The summed E-state index contributed by atoms with van der Waals surface area (Å²) in [6.45, 7) is 0.607. The van der Waals surface area contributed by atoms with E-state index in [1.165, 1.54) is 19.2 Å². The molecule has 0 fully saturated rings. The SMILES string of the molecule is COC(=O)c1sc(NCCc2ccc(F)cc2)nc1Cl. The quantitative estimate of drug-likeness (QED) is 0.860. The van der Waals surface area contributed by atoms with Crippen molar-refractivity contribution in [2.24, 2.45) is 0 Å². The number of carbonyl (C=O) groups is 1. The molecule has 1 N–H and O–H groups in total. The average Bonchev–Trinajstić information content (AvgIpc) is 2.81. The third-order valence-electron chi connectivity index (χ3n) is 2.56. The molecule has 0 bridgehead atoms. The molecule has 0 radical (unpaired) electrons. The van der Waals surface area contributed by atoms with Crippen LogP contribution in [0.25, 0.3) is 0 Å². The number of methoxy groups -OCH3 is 1. The Bertz CT molecular complexity index is 601. The Labute approximate surface area is 124 Å². The molecule has 0 aliphatic carbocycles. The van der Waals surface area contributed by atoms with E-state index in [0.29, 0.717) is 18.1 Å². The molecule has 4 nitrogen and oxygen atoms in total. The van der Waals surface area contributed by atoms with Gasteiger partial charge in [0.05, 0.1) is 7.11 Å². The first kappa shape index (κ1) is 14.7. The van der Waals surface area contributed by atoms with Gasteiger partial charge in [0, 0.05) is 6.54 Å². The predicted octanol–water partition coefficient (Wildman–Crippen LogP) is 3.38. The number of rotatable bonds is 5. The summed E-state index contributed by atoms with van der Waals surface area (Å²) in [7, 11) is 1.29. The predicted molar refractivity (Wildman–Crippen MR) is 77.1 cm³/mol. The second-order valence-corrected chi connectivity index (χ2v) is 5.29. The van der Waals surface area contributed by atoms with Crippen LogP contribution in [0, 0.1) is 5.82 Å². The molecule has 2 aromatic rings. The minimum atomic E-state index is -0.501. The lowest BCUT2D eigenvalue weighted by atomic mass is 10.1. The number of halogens is 2. The minimum absolute atomic E-state index is 0.131. The number of esters is 1. The average molecular weight is 315 g/mol. The zero-order valence-corrected chi connectivity index (χ0v) is 12.2. The number of aromatic nitrogens is 1. The Morgan fingerprint density at radius 1 is 1.45 bits per heavy atom. The molecule has 0 saturated heterocycles. The first-order valence-electron chi connectivity index (χ1n) is 5.83. The number of anilines is 1. The molecule has 1 aromatic carbocycles. The Morgan fingerprint density at radius 2 is 2.15 bits per heavy atom. The highest BCUT2D eigenvalue weighted by Gasteiger charge is 2.16. The maximum absolute atomic E-state index is 12.7. The normalized spacial score (nSPS) is 10.3. The third kappa shape index (κ3) is 3.68. The zero-order valence-electron chi connectivity index (χ0n) is 10.7. The monoisotopic (exact) mass is 314 g/mol. The number of nitrogens with one attached hydrogen (secondary N) is 1. The van der Waals surface area contributed by atoms with Gasteiger partial charge in [-0.15, -0.1) is 0 Å². The highest BCUT2D eigenvalue weighted by atomic mass is 35.5. The van der Waals surface area contributed by atoms with Gasteiger partial charge >= 0.3 is 5.97 Å². The Balaban J connectivity index is 1.91. The van der Waals surface area contributed by atoms with E-state index in [1.807, 2.05) is 0 Å². The van der Waals surface area contributed by atoms with Crippen molar-refractivity contribution in [2.45, 2.75) is 6.42 Å². The van der Waals surface area contributed by atoms with Crippen LogP contribution in [0.4, 0.5) is 9.52 Å². The van der Waals surface area contributed by atoms with E-state index in [1.54, 1.807) is 12.1 Å². The fourth-order valence-corrected chi connectivity index (χ4v) is 2.69. The smallest absolute Gasteiger partial charge is 0.351 e. The van der Waals surface area contributed by atoms with Crippen LogP contribution in [0.5, 0.6) is 0 Å². The first-order chi connectivity index (χ1) is 9.60. The molecule has 0 unspecified atom stereocenters. The fourth-order valence-electron chi connectivity index (χ4n) is 1.56. The van der Waals surface area contributed by atoms with Gasteiger partial charge in [-0.1, -0.05) is 35.1 Å². The molecule has 2 rings (SSSR count). The Hall–Kier alpha value is -1.66. The van der Waals surface area contributed by atoms with Crippen molar-refractivity contribution in [2.75, 3.05) is 19.0 Å². The van der Waals surface area contributed by atoms with Gasteiger partial charge in [-0.2, -0.15) is 0 Å². The van der Waals surface area contributed by atoms with Gasteiger partial charge < -0.3 is 10.1 Å². The Morgan fingerprint density at radius 3 is 2.80 bits per heavy atom. The molecule has 0 saturated carbocycles. The maximum Gasteiger partial charge on any atom is 0.351 e. The van der Waals surface area contributed by atoms with Crippen LogP contribution in [0.1, 0.15) is 15.2 Å².